The van der Waals surface area contributed by atoms with Crippen LogP contribution in [0.3, 0.4) is 0 Å². The summed E-state index contributed by atoms with van der Waals surface area (Å²) in [5.41, 5.74) is 1.33. The van der Waals surface area contributed by atoms with E-state index in [0.29, 0.717) is 23.8 Å². The van der Waals surface area contributed by atoms with Crippen LogP contribution in [0.4, 0.5) is 0 Å². The van der Waals surface area contributed by atoms with Crippen LogP contribution in [0, 0.1) is 11.3 Å². The molecule has 1 aromatic carbocycles. The first-order valence-corrected chi connectivity index (χ1v) is 10.3. The Kier molecular flexibility index (Phi) is 8.23. The maximum Gasteiger partial charge on any atom is 0.262 e. The first-order chi connectivity index (χ1) is 14.2. The second kappa shape index (κ2) is 10.4. The number of benzene rings is 1. The number of amides is 3. The summed E-state index contributed by atoms with van der Waals surface area (Å²) in [6.07, 6.45) is 4.20. The van der Waals surface area contributed by atoms with Crippen molar-refractivity contribution in [3.8, 4) is 5.75 Å². The van der Waals surface area contributed by atoms with E-state index in [1.807, 2.05) is 20.8 Å². The Morgan fingerprint density at radius 3 is 2.40 bits per heavy atom. The van der Waals surface area contributed by atoms with Gasteiger partial charge in [-0.2, -0.15) is 0 Å². The van der Waals surface area contributed by atoms with E-state index < -0.39 is 23.3 Å². The fraction of sp³-hybridized carbons (Fsp3) is 0.591. The average Bonchev–Trinajstić information content (AvgIpc) is 3.22. The SMILES string of the molecule is COc1ccccc1C(=O)N[C@H](C(=O)N(CC(=O)NO)CC1CCCC1)C(C)(C)C. The van der Waals surface area contributed by atoms with Crippen LogP contribution in [0.1, 0.15) is 56.8 Å². The Morgan fingerprint density at radius 2 is 1.83 bits per heavy atom. The highest BCUT2D eigenvalue weighted by Gasteiger charge is 2.37. The van der Waals surface area contributed by atoms with Gasteiger partial charge in [0.05, 0.1) is 12.7 Å². The van der Waals surface area contributed by atoms with Gasteiger partial charge in [0.2, 0.25) is 5.91 Å². The molecule has 0 unspecified atom stereocenters. The third kappa shape index (κ3) is 6.19. The van der Waals surface area contributed by atoms with Gasteiger partial charge in [-0.05, 0) is 36.3 Å². The minimum absolute atomic E-state index is 0.261. The number of carbonyl (C=O) groups excluding carboxylic acids is 3. The standard InChI is InChI=1S/C22H33N3O5/c1-22(2,3)19(23-20(27)16-11-7-8-12-17(16)30-4)21(28)25(14-18(26)24-29)13-15-9-5-6-10-15/h7-8,11-12,15,19,29H,5-6,9-10,13-14H2,1-4H3,(H,23,27)(H,24,26)/t19-/m1/s1. The van der Waals surface area contributed by atoms with Crippen molar-refractivity contribution < 1.29 is 24.3 Å². The highest BCUT2D eigenvalue weighted by Crippen LogP contribution is 2.28. The highest BCUT2D eigenvalue weighted by atomic mass is 16.5. The van der Waals surface area contributed by atoms with Crippen molar-refractivity contribution >= 4 is 17.7 Å². The fourth-order valence-electron chi connectivity index (χ4n) is 3.82. The van der Waals surface area contributed by atoms with Crippen molar-refractivity contribution in [3.05, 3.63) is 29.8 Å². The van der Waals surface area contributed by atoms with E-state index in [0.717, 1.165) is 25.7 Å². The van der Waals surface area contributed by atoms with Crippen LogP contribution in [-0.2, 0) is 9.59 Å². The first kappa shape index (κ1) is 23.7. The molecule has 0 saturated heterocycles. The summed E-state index contributed by atoms with van der Waals surface area (Å²) in [5, 5.41) is 11.8. The number of hydrogen-bond donors (Lipinski definition) is 3. The third-order valence-corrected chi connectivity index (χ3v) is 5.46. The molecule has 1 aliphatic carbocycles. The van der Waals surface area contributed by atoms with Crippen molar-refractivity contribution in [1.29, 1.82) is 0 Å². The Labute approximate surface area is 177 Å². The topological polar surface area (TPSA) is 108 Å². The van der Waals surface area contributed by atoms with Crippen LogP contribution in [0.5, 0.6) is 5.75 Å². The lowest BCUT2D eigenvalue weighted by Gasteiger charge is -2.35. The number of methoxy groups -OCH3 is 1. The van der Waals surface area contributed by atoms with Gasteiger partial charge in [-0.15, -0.1) is 0 Å². The van der Waals surface area contributed by atoms with Gasteiger partial charge in [0, 0.05) is 6.54 Å². The van der Waals surface area contributed by atoms with Crippen molar-refractivity contribution in [3.63, 3.8) is 0 Å². The number of hydrogen-bond acceptors (Lipinski definition) is 5. The molecule has 3 amide bonds. The number of para-hydroxylation sites is 1. The molecule has 1 aromatic rings. The van der Waals surface area contributed by atoms with Gasteiger partial charge < -0.3 is 15.0 Å². The van der Waals surface area contributed by atoms with Crippen LogP contribution >= 0.6 is 0 Å². The molecule has 0 spiro atoms. The van der Waals surface area contributed by atoms with E-state index in [9.17, 15) is 14.4 Å². The van der Waals surface area contributed by atoms with E-state index in [1.54, 1.807) is 29.7 Å². The summed E-state index contributed by atoms with van der Waals surface area (Å²) in [5.74, 6) is -0.706. The number of hydroxylamine groups is 1. The van der Waals surface area contributed by atoms with Crippen LogP contribution < -0.4 is 15.5 Å². The van der Waals surface area contributed by atoms with Crippen molar-refractivity contribution in [2.24, 2.45) is 11.3 Å². The lowest BCUT2D eigenvalue weighted by Crippen LogP contribution is -2.56. The second-order valence-corrected chi connectivity index (χ2v) is 8.88. The van der Waals surface area contributed by atoms with E-state index in [-0.39, 0.29) is 12.5 Å². The Morgan fingerprint density at radius 1 is 1.20 bits per heavy atom. The molecule has 1 fully saturated rings. The van der Waals surface area contributed by atoms with Gasteiger partial charge in [-0.1, -0.05) is 45.7 Å². The van der Waals surface area contributed by atoms with Gasteiger partial charge in [0.1, 0.15) is 18.3 Å². The molecular weight excluding hydrogens is 386 g/mol. The van der Waals surface area contributed by atoms with Gasteiger partial charge in [-0.25, -0.2) is 5.48 Å². The summed E-state index contributed by atoms with van der Waals surface area (Å²) < 4.78 is 5.26. The molecule has 0 aliphatic heterocycles. The molecule has 0 radical (unpaired) electrons. The predicted octanol–water partition coefficient (Wildman–Crippen LogP) is 2.36. The molecule has 30 heavy (non-hydrogen) atoms. The average molecular weight is 420 g/mol. The minimum atomic E-state index is -0.859. The fourth-order valence-corrected chi connectivity index (χ4v) is 3.82. The lowest BCUT2D eigenvalue weighted by molar-refractivity contribution is -0.142. The highest BCUT2D eigenvalue weighted by molar-refractivity contribution is 6.00. The Hall–Kier alpha value is -2.61. The number of rotatable bonds is 8. The molecule has 0 aromatic heterocycles. The molecular formula is C22H33N3O5. The van der Waals surface area contributed by atoms with E-state index in [2.05, 4.69) is 5.32 Å². The van der Waals surface area contributed by atoms with E-state index in [1.165, 1.54) is 12.0 Å². The number of nitrogens with zero attached hydrogens (tertiary/aromatic N) is 1. The third-order valence-electron chi connectivity index (χ3n) is 5.46. The normalized spacial score (nSPS) is 15.4. The lowest BCUT2D eigenvalue weighted by atomic mass is 9.85. The van der Waals surface area contributed by atoms with Gasteiger partial charge >= 0.3 is 0 Å². The first-order valence-electron chi connectivity index (χ1n) is 10.3. The van der Waals surface area contributed by atoms with Crippen molar-refractivity contribution in [1.82, 2.24) is 15.7 Å². The molecule has 0 heterocycles. The van der Waals surface area contributed by atoms with Crippen molar-refractivity contribution in [2.75, 3.05) is 20.2 Å². The summed E-state index contributed by atoms with van der Waals surface area (Å²) in [7, 11) is 1.48. The second-order valence-electron chi connectivity index (χ2n) is 8.88. The molecule has 8 nitrogen and oxygen atoms in total. The zero-order valence-corrected chi connectivity index (χ0v) is 18.2. The maximum atomic E-state index is 13.5. The molecule has 3 N–H and O–H groups in total. The quantitative estimate of drug-likeness (QED) is 0.443. The molecule has 1 saturated carbocycles. The van der Waals surface area contributed by atoms with Crippen LogP contribution in [0.15, 0.2) is 24.3 Å². The Bertz CT molecular complexity index is 753. The number of ether oxygens (including phenoxy) is 1. The van der Waals surface area contributed by atoms with Gasteiger partial charge in [0.25, 0.3) is 11.8 Å². The maximum absolute atomic E-state index is 13.5. The summed E-state index contributed by atoms with van der Waals surface area (Å²) >= 11 is 0. The minimum Gasteiger partial charge on any atom is -0.496 e. The largest absolute Gasteiger partial charge is 0.496 e. The van der Waals surface area contributed by atoms with E-state index >= 15 is 0 Å². The predicted molar refractivity (Wildman–Crippen MR) is 112 cm³/mol. The van der Waals surface area contributed by atoms with E-state index in [4.69, 9.17) is 9.94 Å². The molecule has 166 valence electrons. The summed E-state index contributed by atoms with van der Waals surface area (Å²) in [4.78, 5) is 39.7. The zero-order valence-electron chi connectivity index (χ0n) is 18.2. The summed E-state index contributed by atoms with van der Waals surface area (Å²) in [6, 6.07) is 5.94. The van der Waals surface area contributed by atoms with Crippen LogP contribution in [0.2, 0.25) is 0 Å². The van der Waals surface area contributed by atoms with Crippen LogP contribution in [0.25, 0.3) is 0 Å². The van der Waals surface area contributed by atoms with Gasteiger partial charge in [0.15, 0.2) is 0 Å². The zero-order chi connectivity index (χ0) is 22.3. The van der Waals surface area contributed by atoms with Crippen LogP contribution in [-0.4, -0.2) is 54.1 Å². The molecule has 2 rings (SSSR count). The van der Waals surface area contributed by atoms with Gasteiger partial charge in [-0.3, -0.25) is 19.6 Å². The number of nitrogens with one attached hydrogen (secondary N) is 2. The Balaban J connectivity index is 2.26. The monoisotopic (exact) mass is 419 g/mol. The molecule has 8 heteroatoms. The number of carbonyl (C=O) groups is 3. The molecule has 1 atom stereocenters. The molecule has 1 aliphatic rings. The smallest absolute Gasteiger partial charge is 0.262 e. The van der Waals surface area contributed by atoms with Crippen molar-refractivity contribution in [2.45, 2.75) is 52.5 Å². The molecule has 0 bridgehead atoms. The summed E-state index contributed by atoms with van der Waals surface area (Å²) in [6.45, 7) is 5.74.